The summed E-state index contributed by atoms with van der Waals surface area (Å²) in [5.74, 6) is 5.52. The molecule has 20 heavy (non-hydrogen) atoms. The molecule has 1 saturated heterocycles. The second kappa shape index (κ2) is 7.30. The maximum atomic E-state index is 12.1. The summed E-state index contributed by atoms with van der Waals surface area (Å²) in [5.41, 5.74) is 6.65. The van der Waals surface area contributed by atoms with Gasteiger partial charge in [0.25, 0.3) is 5.91 Å². The van der Waals surface area contributed by atoms with Crippen LogP contribution in [0.1, 0.15) is 24.8 Å². The monoisotopic (exact) mass is 292 g/mol. The van der Waals surface area contributed by atoms with Crippen LogP contribution in [-0.2, 0) is 9.53 Å². The van der Waals surface area contributed by atoms with Gasteiger partial charge in [-0.25, -0.2) is 0 Å². The van der Waals surface area contributed by atoms with Gasteiger partial charge in [-0.15, -0.1) is 0 Å². The smallest absolute Gasteiger partial charge is 0.253 e. The average Bonchev–Trinajstić information content (AvgIpc) is 2.49. The highest BCUT2D eigenvalue weighted by Crippen LogP contribution is 2.24. The summed E-state index contributed by atoms with van der Waals surface area (Å²) in [5, 5.41) is 3.28. The molecule has 1 heterocycles. The molecule has 0 radical (unpaired) electrons. The first-order valence-electron chi connectivity index (χ1n) is 6.61. The highest BCUT2D eigenvalue weighted by atomic mass is 35.5. The van der Waals surface area contributed by atoms with E-state index in [1.165, 1.54) is 0 Å². The average molecular weight is 293 g/mol. The van der Waals surface area contributed by atoms with Crippen molar-refractivity contribution in [3.63, 3.8) is 0 Å². The number of rotatable bonds is 2. The number of amides is 1. The van der Waals surface area contributed by atoms with E-state index in [1.807, 2.05) is 0 Å². The number of hydrogen-bond donors (Lipinski definition) is 2. The lowest BCUT2D eigenvalue weighted by Crippen LogP contribution is -2.33. The minimum atomic E-state index is -0.390. The molecule has 1 fully saturated rings. The van der Waals surface area contributed by atoms with Crippen molar-refractivity contribution < 1.29 is 9.53 Å². The quantitative estimate of drug-likeness (QED) is 0.821. The summed E-state index contributed by atoms with van der Waals surface area (Å²) in [4.78, 5) is 12.1. The first kappa shape index (κ1) is 14.9. The Morgan fingerprint density at radius 2 is 2.35 bits per heavy atom. The topological polar surface area (TPSA) is 64.3 Å². The maximum Gasteiger partial charge on any atom is 0.253 e. The highest BCUT2D eigenvalue weighted by molar-refractivity contribution is 6.33. The summed E-state index contributed by atoms with van der Waals surface area (Å²) >= 11 is 6.08. The number of halogens is 1. The predicted octanol–water partition coefficient (Wildman–Crippen LogP) is 2.16. The predicted molar refractivity (Wildman–Crippen MR) is 79.6 cm³/mol. The van der Waals surface area contributed by atoms with E-state index in [4.69, 9.17) is 22.1 Å². The third kappa shape index (κ3) is 3.97. The van der Waals surface area contributed by atoms with Crippen molar-refractivity contribution in [1.82, 2.24) is 0 Å². The number of nitrogens with one attached hydrogen (secondary N) is 1. The van der Waals surface area contributed by atoms with Crippen LogP contribution in [0.4, 0.5) is 5.69 Å². The van der Waals surface area contributed by atoms with Crippen molar-refractivity contribution in [3.8, 4) is 11.8 Å². The van der Waals surface area contributed by atoms with E-state index in [-0.39, 0.29) is 5.91 Å². The Balaban J connectivity index is 2.09. The fourth-order valence-corrected chi connectivity index (χ4v) is 2.18. The Morgan fingerprint density at radius 3 is 3.05 bits per heavy atom. The molecule has 0 aliphatic carbocycles. The van der Waals surface area contributed by atoms with Gasteiger partial charge in [0.15, 0.2) is 0 Å². The Hall–Kier alpha value is -1.54. The van der Waals surface area contributed by atoms with Gasteiger partial charge in [-0.3, -0.25) is 4.79 Å². The Morgan fingerprint density at radius 1 is 1.50 bits per heavy atom. The molecule has 3 N–H and O–H groups in total. The largest absolute Gasteiger partial charge is 0.368 e. The van der Waals surface area contributed by atoms with Crippen molar-refractivity contribution >= 4 is 23.2 Å². The Bertz CT molecular complexity index is 543. The van der Waals surface area contributed by atoms with Crippen LogP contribution in [0, 0.1) is 11.8 Å². The SMILES string of the molecule is NCC#Cc1ccc(Cl)c(NC(=O)C2CCCCO2)c1. The molecule has 1 amide bonds. The normalized spacial score (nSPS) is 18.0. The van der Waals surface area contributed by atoms with Gasteiger partial charge in [-0.05, 0) is 37.5 Å². The second-order valence-corrected chi connectivity index (χ2v) is 4.95. The first-order valence-corrected chi connectivity index (χ1v) is 6.99. The number of nitrogens with two attached hydrogens (primary N) is 1. The number of benzene rings is 1. The molecule has 0 saturated carbocycles. The van der Waals surface area contributed by atoms with Gasteiger partial charge in [-0.1, -0.05) is 23.4 Å². The van der Waals surface area contributed by atoms with Crippen LogP contribution in [0.3, 0.4) is 0 Å². The standard InChI is InChI=1S/C15H17ClN2O2/c16-12-7-6-11(4-3-8-17)10-13(12)18-15(19)14-5-1-2-9-20-14/h6-7,10,14H,1-2,5,8-9,17H2,(H,18,19). The molecule has 1 aliphatic rings. The number of hydrogen-bond acceptors (Lipinski definition) is 3. The van der Waals surface area contributed by atoms with Crippen molar-refractivity contribution in [2.45, 2.75) is 25.4 Å². The lowest BCUT2D eigenvalue weighted by atomic mass is 10.1. The molecule has 1 aromatic carbocycles. The number of carbonyl (C=O) groups is 1. The van der Waals surface area contributed by atoms with E-state index in [0.29, 0.717) is 23.9 Å². The lowest BCUT2D eigenvalue weighted by Gasteiger charge is -2.22. The van der Waals surface area contributed by atoms with Crippen LogP contribution in [0.2, 0.25) is 5.02 Å². The molecule has 4 nitrogen and oxygen atoms in total. The fraction of sp³-hybridized carbons (Fsp3) is 0.400. The fourth-order valence-electron chi connectivity index (χ4n) is 2.01. The van der Waals surface area contributed by atoms with Gasteiger partial charge in [0.05, 0.1) is 17.3 Å². The van der Waals surface area contributed by atoms with E-state index < -0.39 is 6.10 Å². The van der Waals surface area contributed by atoms with E-state index in [1.54, 1.807) is 18.2 Å². The van der Waals surface area contributed by atoms with Gasteiger partial charge in [0, 0.05) is 12.2 Å². The minimum Gasteiger partial charge on any atom is -0.368 e. The summed E-state index contributed by atoms with van der Waals surface area (Å²) in [6.07, 6.45) is 2.37. The summed E-state index contributed by atoms with van der Waals surface area (Å²) < 4.78 is 5.45. The third-order valence-electron chi connectivity index (χ3n) is 3.03. The van der Waals surface area contributed by atoms with Gasteiger partial charge in [0.1, 0.15) is 6.10 Å². The van der Waals surface area contributed by atoms with E-state index in [2.05, 4.69) is 17.2 Å². The lowest BCUT2D eigenvalue weighted by molar-refractivity contribution is -0.129. The van der Waals surface area contributed by atoms with E-state index >= 15 is 0 Å². The number of ether oxygens (including phenoxy) is 1. The van der Waals surface area contributed by atoms with Gasteiger partial charge in [0.2, 0.25) is 0 Å². The number of anilines is 1. The molecule has 1 aromatic rings. The van der Waals surface area contributed by atoms with Gasteiger partial charge >= 0.3 is 0 Å². The zero-order valence-electron chi connectivity index (χ0n) is 11.1. The molecule has 0 aromatic heterocycles. The summed E-state index contributed by atoms with van der Waals surface area (Å²) in [7, 11) is 0. The zero-order chi connectivity index (χ0) is 14.4. The van der Waals surface area contributed by atoms with Gasteiger partial charge in [-0.2, -0.15) is 0 Å². The highest BCUT2D eigenvalue weighted by Gasteiger charge is 2.22. The van der Waals surface area contributed by atoms with Crippen LogP contribution in [0.5, 0.6) is 0 Å². The maximum absolute atomic E-state index is 12.1. The molecule has 2 rings (SSSR count). The third-order valence-corrected chi connectivity index (χ3v) is 3.36. The molecular weight excluding hydrogens is 276 g/mol. The number of carbonyl (C=O) groups excluding carboxylic acids is 1. The summed E-state index contributed by atoms with van der Waals surface area (Å²) in [6.45, 7) is 0.925. The van der Waals surface area contributed by atoms with Crippen LogP contribution >= 0.6 is 11.6 Å². The van der Waals surface area contributed by atoms with Crippen LogP contribution in [0.15, 0.2) is 18.2 Å². The Labute approximate surface area is 123 Å². The van der Waals surface area contributed by atoms with Crippen molar-refractivity contribution in [3.05, 3.63) is 28.8 Å². The molecule has 0 bridgehead atoms. The van der Waals surface area contributed by atoms with Crippen LogP contribution < -0.4 is 11.1 Å². The van der Waals surface area contributed by atoms with Crippen molar-refractivity contribution in [1.29, 1.82) is 0 Å². The molecule has 106 valence electrons. The van der Waals surface area contributed by atoms with E-state index in [0.717, 1.165) is 24.8 Å². The van der Waals surface area contributed by atoms with Crippen molar-refractivity contribution in [2.24, 2.45) is 5.73 Å². The molecular formula is C15H17ClN2O2. The Kier molecular flexibility index (Phi) is 5.42. The molecule has 1 aliphatic heterocycles. The van der Waals surface area contributed by atoms with Gasteiger partial charge < -0.3 is 15.8 Å². The van der Waals surface area contributed by atoms with Crippen LogP contribution in [-0.4, -0.2) is 25.2 Å². The second-order valence-electron chi connectivity index (χ2n) is 4.54. The van der Waals surface area contributed by atoms with E-state index in [9.17, 15) is 4.79 Å². The molecule has 0 spiro atoms. The molecule has 1 unspecified atom stereocenters. The van der Waals surface area contributed by atoms with Crippen LogP contribution in [0.25, 0.3) is 0 Å². The minimum absolute atomic E-state index is 0.157. The molecule has 1 atom stereocenters. The molecule has 5 heteroatoms. The first-order chi connectivity index (χ1) is 9.70. The van der Waals surface area contributed by atoms with Crippen molar-refractivity contribution in [2.75, 3.05) is 18.5 Å². The zero-order valence-corrected chi connectivity index (χ0v) is 11.9. The summed E-state index contributed by atoms with van der Waals surface area (Å²) in [6, 6.07) is 5.24.